The summed E-state index contributed by atoms with van der Waals surface area (Å²) >= 11 is 1.68. The molecule has 0 spiro atoms. The normalized spacial score (nSPS) is 25.5. The van der Waals surface area contributed by atoms with Crippen LogP contribution in [-0.4, -0.2) is 91.2 Å². The number of nitrogens with zero attached hydrogens (tertiary/aromatic N) is 2. The maximum Gasteiger partial charge on any atom is 0.239 e. The summed E-state index contributed by atoms with van der Waals surface area (Å²) in [7, 11) is 1.63. The second-order valence-corrected chi connectivity index (χ2v) is 17.9. The Kier molecular flexibility index (Phi) is 16.7. The summed E-state index contributed by atoms with van der Waals surface area (Å²) in [5, 5.41) is 25.0. The number of hydrogen-bond acceptors (Lipinski definition) is 11. The molecule has 1 saturated heterocycles. The zero-order valence-corrected chi connectivity index (χ0v) is 38.1. The minimum Gasteiger partial charge on any atom is -0.497 e. The van der Waals surface area contributed by atoms with Crippen molar-refractivity contribution in [3.8, 4) is 23.0 Å². The summed E-state index contributed by atoms with van der Waals surface area (Å²) in [6.07, 6.45) is 14.4. The van der Waals surface area contributed by atoms with E-state index in [0.717, 1.165) is 78.0 Å². The van der Waals surface area contributed by atoms with Gasteiger partial charge in [-0.25, -0.2) is 0 Å². The fourth-order valence-electron chi connectivity index (χ4n) is 10.2. The molecule has 7 unspecified atom stereocenters. The minimum atomic E-state index is -1.35. The first kappa shape index (κ1) is 46.7. The van der Waals surface area contributed by atoms with Crippen LogP contribution in [0.25, 0.3) is 0 Å². The Morgan fingerprint density at radius 3 is 2.51 bits per heavy atom. The number of carbonyl (C=O) groups is 1. The molecule has 0 aromatic heterocycles. The number of benzene rings is 3. The van der Waals surface area contributed by atoms with Crippen LogP contribution in [0, 0.1) is 17.8 Å². The number of methoxy groups -OCH3 is 1. The maximum atomic E-state index is 15.0. The number of oxime groups is 1. The summed E-state index contributed by atoms with van der Waals surface area (Å²) in [5.74, 6) is 0.988. The van der Waals surface area contributed by atoms with Crippen LogP contribution in [0.1, 0.15) is 94.6 Å². The standard InChI is InChI=1S/C51H66N2O9S/c1-5-25-53(47(56)31-35-14-13-16-38(30-35)57-3)46-34-44(52-62-48-18-9-12-29-58-48)42-32-36(15-7-10-26-54)41(17-8-11-27-55)49-43-33-39(60-37-19-22-40(63-4)23-20-37)21-24-45(43)61-51(46,50(42)49)59-28-6-2/h6,13-14,16,19-24,30,32-33,36,41,46,48-50,54-55H,2,5,7-12,15,17-18,25-29,31,34H2,1,3-4H3. The van der Waals surface area contributed by atoms with Crippen molar-refractivity contribution < 1.29 is 43.5 Å². The number of rotatable bonds is 22. The molecule has 3 aromatic carbocycles. The van der Waals surface area contributed by atoms with Crippen LogP contribution < -0.4 is 14.2 Å². The second-order valence-electron chi connectivity index (χ2n) is 17.1. The number of aliphatic hydroxyl groups is 2. The van der Waals surface area contributed by atoms with Gasteiger partial charge in [0.15, 0.2) is 0 Å². The Morgan fingerprint density at radius 1 is 1.00 bits per heavy atom. The van der Waals surface area contributed by atoms with Crippen molar-refractivity contribution in [1.29, 1.82) is 0 Å². The van der Waals surface area contributed by atoms with Gasteiger partial charge in [0.2, 0.25) is 18.0 Å². The fourth-order valence-corrected chi connectivity index (χ4v) is 10.6. The van der Waals surface area contributed by atoms with Crippen molar-refractivity contribution >= 4 is 23.4 Å². The molecule has 1 amide bonds. The average molecular weight is 883 g/mol. The van der Waals surface area contributed by atoms with Crippen LogP contribution >= 0.6 is 11.8 Å². The Hall–Kier alpha value is -4.33. The first-order valence-corrected chi connectivity index (χ1v) is 24.2. The molecule has 4 aliphatic rings. The van der Waals surface area contributed by atoms with Gasteiger partial charge in [-0.15, -0.1) is 18.3 Å². The van der Waals surface area contributed by atoms with Crippen LogP contribution in [-0.2, 0) is 25.5 Å². The lowest BCUT2D eigenvalue weighted by Crippen LogP contribution is -2.70. The molecule has 3 aromatic rings. The fraction of sp³-hybridized carbons (Fsp3) is 0.529. The van der Waals surface area contributed by atoms with E-state index in [1.807, 2.05) is 53.4 Å². The predicted molar refractivity (Wildman–Crippen MR) is 247 cm³/mol. The minimum absolute atomic E-state index is 0.0561. The molecule has 2 fully saturated rings. The number of allylic oxidation sites excluding steroid dienone is 1. The number of fused-ring (bicyclic) bond motifs is 2. The van der Waals surface area contributed by atoms with E-state index in [-0.39, 0.29) is 49.9 Å². The molecular formula is C51H66N2O9S. The molecule has 2 N–H and O–H groups in total. The van der Waals surface area contributed by atoms with Crippen LogP contribution in [0.3, 0.4) is 0 Å². The lowest BCUT2D eigenvalue weighted by Gasteiger charge is -2.60. The molecule has 2 aliphatic heterocycles. The highest BCUT2D eigenvalue weighted by atomic mass is 32.2. The summed E-state index contributed by atoms with van der Waals surface area (Å²) in [6, 6.07) is 21.2. The van der Waals surface area contributed by atoms with E-state index < -0.39 is 24.0 Å². The predicted octanol–water partition coefficient (Wildman–Crippen LogP) is 9.85. The number of amides is 1. The third kappa shape index (κ3) is 10.8. The molecule has 0 bridgehead atoms. The number of ether oxygens (including phenoxy) is 5. The summed E-state index contributed by atoms with van der Waals surface area (Å²) < 4.78 is 32.7. The number of unbranched alkanes of at least 4 members (excludes halogenated alkanes) is 2. The molecule has 11 nitrogen and oxygen atoms in total. The van der Waals surface area contributed by atoms with E-state index in [4.69, 9.17) is 33.7 Å². The van der Waals surface area contributed by atoms with Crippen LogP contribution in [0.2, 0.25) is 0 Å². The Labute approximate surface area is 377 Å². The van der Waals surface area contributed by atoms with Crippen molar-refractivity contribution in [1.82, 2.24) is 4.90 Å². The number of carbonyl (C=O) groups excluding carboxylic acids is 1. The molecule has 0 radical (unpaired) electrons. The molecule has 7 atom stereocenters. The van der Waals surface area contributed by atoms with Gasteiger partial charge in [0.05, 0.1) is 38.4 Å². The zero-order valence-electron chi connectivity index (χ0n) is 37.3. The SMILES string of the molecule is C=CCOC12Oc3ccc(Oc4ccc(SC)cc4)cc3C3C(CCCCO)C(CCCCO)C=C(C(=NOC4CCCCO4)CC1N(CCC)C(=O)Cc1cccc(OC)c1)C32. The van der Waals surface area contributed by atoms with Crippen molar-refractivity contribution in [3.63, 3.8) is 0 Å². The average Bonchev–Trinajstić information content (AvgIpc) is 3.31. The van der Waals surface area contributed by atoms with Crippen molar-refractivity contribution in [2.24, 2.45) is 22.9 Å². The molecule has 340 valence electrons. The van der Waals surface area contributed by atoms with Gasteiger partial charge in [-0.1, -0.05) is 49.2 Å². The van der Waals surface area contributed by atoms with Gasteiger partial charge < -0.3 is 43.6 Å². The van der Waals surface area contributed by atoms with Crippen molar-refractivity contribution in [2.75, 3.05) is 46.3 Å². The van der Waals surface area contributed by atoms with E-state index in [1.165, 1.54) is 0 Å². The van der Waals surface area contributed by atoms with Crippen molar-refractivity contribution in [2.45, 2.75) is 113 Å². The maximum absolute atomic E-state index is 15.0. The molecule has 1 saturated carbocycles. The lowest BCUT2D eigenvalue weighted by molar-refractivity contribution is -0.257. The van der Waals surface area contributed by atoms with E-state index in [9.17, 15) is 15.0 Å². The van der Waals surface area contributed by atoms with Crippen LogP contribution in [0.15, 0.2) is 101 Å². The first-order chi connectivity index (χ1) is 30.9. The zero-order chi connectivity index (χ0) is 44.2. The smallest absolute Gasteiger partial charge is 0.239 e. The van der Waals surface area contributed by atoms with E-state index in [1.54, 1.807) is 24.9 Å². The molecule has 2 aliphatic carbocycles. The second kappa shape index (κ2) is 22.5. The Balaban J connectivity index is 1.42. The summed E-state index contributed by atoms with van der Waals surface area (Å²) in [6.45, 7) is 7.66. The summed E-state index contributed by atoms with van der Waals surface area (Å²) in [5.41, 5.74) is 3.60. The van der Waals surface area contributed by atoms with Gasteiger partial charge in [0.25, 0.3) is 0 Å². The van der Waals surface area contributed by atoms with Gasteiger partial charge in [-0.05, 0) is 129 Å². The van der Waals surface area contributed by atoms with E-state index in [2.05, 4.69) is 44.0 Å². The van der Waals surface area contributed by atoms with Gasteiger partial charge in [-0.2, -0.15) is 0 Å². The highest BCUT2D eigenvalue weighted by Crippen LogP contribution is 2.62. The van der Waals surface area contributed by atoms with Crippen LogP contribution in [0.5, 0.6) is 23.0 Å². The van der Waals surface area contributed by atoms with Gasteiger partial charge in [-0.3, -0.25) is 4.79 Å². The number of hydrogen-bond donors (Lipinski definition) is 2. The van der Waals surface area contributed by atoms with Gasteiger partial charge >= 0.3 is 0 Å². The topological polar surface area (TPSA) is 129 Å². The monoisotopic (exact) mass is 882 g/mol. The highest BCUT2D eigenvalue weighted by molar-refractivity contribution is 7.98. The Bertz CT molecular complexity index is 2030. The summed E-state index contributed by atoms with van der Waals surface area (Å²) in [4.78, 5) is 24.4. The molecule has 63 heavy (non-hydrogen) atoms. The van der Waals surface area contributed by atoms with Gasteiger partial charge in [0.1, 0.15) is 29.0 Å². The quantitative estimate of drug-likeness (QED) is 0.0436. The third-order valence-corrected chi connectivity index (χ3v) is 13.8. The third-order valence-electron chi connectivity index (χ3n) is 13.0. The molecule has 7 rings (SSSR count). The molecular weight excluding hydrogens is 817 g/mol. The van der Waals surface area contributed by atoms with E-state index in [0.29, 0.717) is 56.1 Å². The van der Waals surface area contributed by atoms with Crippen molar-refractivity contribution in [3.05, 3.63) is 102 Å². The molecule has 2 heterocycles. The Morgan fingerprint density at radius 2 is 1.79 bits per heavy atom. The lowest BCUT2D eigenvalue weighted by atomic mass is 9.55. The van der Waals surface area contributed by atoms with E-state index >= 15 is 0 Å². The number of aliphatic hydroxyl groups excluding tert-OH is 2. The number of thioether (sulfide) groups is 1. The van der Waals surface area contributed by atoms with Crippen LogP contribution in [0.4, 0.5) is 0 Å². The first-order valence-electron chi connectivity index (χ1n) is 23.0. The molecule has 12 heteroatoms. The largest absolute Gasteiger partial charge is 0.497 e. The van der Waals surface area contributed by atoms with Gasteiger partial charge in [0, 0.05) is 49.0 Å². The highest BCUT2D eigenvalue weighted by Gasteiger charge is 2.65.